The van der Waals surface area contributed by atoms with Crippen LogP contribution in [-0.4, -0.2) is 38.8 Å². The molecule has 1 amide bonds. The third-order valence-corrected chi connectivity index (χ3v) is 4.44. The molecule has 25 heavy (non-hydrogen) atoms. The van der Waals surface area contributed by atoms with Gasteiger partial charge in [-0.05, 0) is 31.0 Å². The van der Waals surface area contributed by atoms with E-state index >= 15 is 0 Å². The minimum absolute atomic E-state index is 0.182. The van der Waals surface area contributed by atoms with Gasteiger partial charge in [-0.3, -0.25) is 14.3 Å². The average molecular weight is 368 g/mol. The Bertz CT molecular complexity index is 803. The van der Waals surface area contributed by atoms with Crippen LogP contribution in [0, 0.1) is 11.8 Å². The predicted molar refractivity (Wildman–Crippen MR) is 93.1 cm³/mol. The molecule has 3 N–H and O–H groups in total. The number of ether oxygens (including phenoxy) is 1. The SMILES string of the molecule is COc1ccc(NC(=O)[C@H]2CC=CC[C@@H]2C(=O)O)cc1NS(C)(=O)=O. The molecule has 2 rings (SSSR count). The van der Waals surface area contributed by atoms with Crippen molar-refractivity contribution < 1.29 is 27.9 Å². The fourth-order valence-electron chi connectivity index (χ4n) is 2.68. The van der Waals surface area contributed by atoms with E-state index in [-0.39, 0.29) is 5.69 Å². The molecule has 0 heterocycles. The Kier molecular flexibility index (Phi) is 5.68. The molecule has 1 aromatic carbocycles. The highest BCUT2D eigenvalue weighted by molar-refractivity contribution is 7.92. The Hall–Kier alpha value is -2.55. The van der Waals surface area contributed by atoms with Crippen molar-refractivity contribution in [1.82, 2.24) is 0 Å². The van der Waals surface area contributed by atoms with E-state index in [1.807, 2.05) is 0 Å². The van der Waals surface area contributed by atoms with Gasteiger partial charge in [0, 0.05) is 5.69 Å². The van der Waals surface area contributed by atoms with Gasteiger partial charge < -0.3 is 15.2 Å². The maximum Gasteiger partial charge on any atom is 0.307 e. The number of carbonyl (C=O) groups excluding carboxylic acids is 1. The van der Waals surface area contributed by atoms with Crippen molar-refractivity contribution in [1.29, 1.82) is 0 Å². The van der Waals surface area contributed by atoms with Crippen LogP contribution in [0.1, 0.15) is 12.8 Å². The largest absolute Gasteiger partial charge is 0.495 e. The number of rotatable bonds is 6. The van der Waals surface area contributed by atoms with Crippen LogP contribution in [0.4, 0.5) is 11.4 Å². The summed E-state index contributed by atoms with van der Waals surface area (Å²) in [7, 11) is -2.13. The van der Waals surface area contributed by atoms with E-state index in [2.05, 4.69) is 10.0 Å². The van der Waals surface area contributed by atoms with Crippen molar-refractivity contribution in [2.45, 2.75) is 12.8 Å². The molecule has 0 saturated carbocycles. The fourth-order valence-corrected chi connectivity index (χ4v) is 3.24. The van der Waals surface area contributed by atoms with Crippen molar-refractivity contribution in [2.24, 2.45) is 11.8 Å². The quantitative estimate of drug-likeness (QED) is 0.657. The molecule has 0 bridgehead atoms. The van der Waals surface area contributed by atoms with Crippen LogP contribution < -0.4 is 14.8 Å². The van der Waals surface area contributed by atoms with Crippen LogP contribution in [0.25, 0.3) is 0 Å². The van der Waals surface area contributed by atoms with Gasteiger partial charge in [-0.25, -0.2) is 8.42 Å². The minimum atomic E-state index is -3.53. The second kappa shape index (κ2) is 7.56. The second-order valence-corrected chi connectivity index (χ2v) is 7.52. The minimum Gasteiger partial charge on any atom is -0.495 e. The van der Waals surface area contributed by atoms with Crippen LogP contribution in [-0.2, 0) is 19.6 Å². The Morgan fingerprint density at radius 1 is 1.20 bits per heavy atom. The summed E-state index contributed by atoms with van der Waals surface area (Å²) in [6.07, 6.45) is 5.19. The lowest BCUT2D eigenvalue weighted by molar-refractivity contribution is -0.146. The summed E-state index contributed by atoms with van der Waals surface area (Å²) in [6, 6.07) is 4.49. The summed E-state index contributed by atoms with van der Waals surface area (Å²) in [4.78, 5) is 23.8. The number of hydrogen-bond acceptors (Lipinski definition) is 5. The van der Waals surface area contributed by atoms with Crippen molar-refractivity contribution in [3.63, 3.8) is 0 Å². The van der Waals surface area contributed by atoms with Gasteiger partial charge in [-0.1, -0.05) is 12.2 Å². The van der Waals surface area contributed by atoms with E-state index in [0.717, 1.165) is 6.26 Å². The number of nitrogens with one attached hydrogen (secondary N) is 2. The van der Waals surface area contributed by atoms with Crippen LogP contribution in [0.2, 0.25) is 0 Å². The number of carboxylic acids is 1. The summed E-state index contributed by atoms with van der Waals surface area (Å²) in [5.74, 6) is -2.61. The summed E-state index contributed by atoms with van der Waals surface area (Å²) < 4.78 is 30.3. The van der Waals surface area contributed by atoms with Gasteiger partial charge in [-0.2, -0.15) is 0 Å². The molecule has 1 aliphatic carbocycles. The predicted octanol–water partition coefficient (Wildman–Crippen LogP) is 1.67. The van der Waals surface area contributed by atoms with Gasteiger partial charge in [0.2, 0.25) is 15.9 Å². The molecule has 0 aromatic heterocycles. The number of carbonyl (C=O) groups is 2. The zero-order valence-corrected chi connectivity index (χ0v) is 14.7. The maximum absolute atomic E-state index is 12.5. The van der Waals surface area contributed by atoms with E-state index in [0.29, 0.717) is 24.3 Å². The topological polar surface area (TPSA) is 122 Å². The molecule has 8 nitrogen and oxygen atoms in total. The van der Waals surface area contributed by atoms with E-state index < -0.39 is 33.7 Å². The molecular formula is C16H20N2O6S. The molecule has 0 aliphatic heterocycles. The molecule has 0 spiro atoms. The van der Waals surface area contributed by atoms with E-state index in [1.54, 1.807) is 18.2 Å². The lowest BCUT2D eigenvalue weighted by Crippen LogP contribution is -2.34. The first-order valence-electron chi connectivity index (χ1n) is 7.55. The Morgan fingerprint density at radius 2 is 1.84 bits per heavy atom. The molecule has 2 atom stereocenters. The monoisotopic (exact) mass is 368 g/mol. The fraction of sp³-hybridized carbons (Fsp3) is 0.375. The highest BCUT2D eigenvalue weighted by atomic mass is 32.2. The van der Waals surface area contributed by atoms with Gasteiger partial charge in [0.25, 0.3) is 0 Å². The second-order valence-electron chi connectivity index (χ2n) is 5.77. The molecule has 0 saturated heterocycles. The first-order valence-corrected chi connectivity index (χ1v) is 9.45. The lowest BCUT2D eigenvalue weighted by Gasteiger charge is -2.24. The summed E-state index contributed by atoms with van der Waals surface area (Å²) >= 11 is 0. The summed E-state index contributed by atoms with van der Waals surface area (Å²) in [5.41, 5.74) is 0.525. The van der Waals surface area contributed by atoms with Gasteiger partial charge >= 0.3 is 5.97 Å². The summed E-state index contributed by atoms with van der Waals surface area (Å²) in [6.45, 7) is 0. The third kappa shape index (κ3) is 4.96. The Labute approximate surface area is 145 Å². The van der Waals surface area contributed by atoms with Gasteiger partial charge in [0.05, 0.1) is 30.9 Å². The zero-order valence-electron chi connectivity index (χ0n) is 13.9. The first-order chi connectivity index (χ1) is 11.7. The molecule has 136 valence electrons. The lowest BCUT2D eigenvalue weighted by atomic mass is 9.82. The number of hydrogen-bond donors (Lipinski definition) is 3. The molecule has 0 fully saturated rings. The normalized spacial score (nSPS) is 19.9. The van der Waals surface area contributed by atoms with Crippen molar-refractivity contribution in [2.75, 3.05) is 23.4 Å². The van der Waals surface area contributed by atoms with Crippen molar-refractivity contribution >= 4 is 33.3 Å². The van der Waals surface area contributed by atoms with E-state index in [4.69, 9.17) is 4.74 Å². The van der Waals surface area contributed by atoms with E-state index in [1.165, 1.54) is 19.2 Å². The molecule has 1 aromatic rings. The standard InChI is InChI=1S/C16H20N2O6S/c1-24-14-8-7-10(9-13(14)18-25(2,22)23)17-15(19)11-5-3-4-6-12(11)16(20)21/h3-4,7-9,11-12,18H,5-6H2,1-2H3,(H,17,19)(H,20,21)/t11-,12-/m0/s1. The highest BCUT2D eigenvalue weighted by Gasteiger charge is 2.34. The van der Waals surface area contributed by atoms with Crippen LogP contribution >= 0.6 is 0 Å². The van der Waals surface area contributed by atoms with Crippen molar-refractivity contribution in [3.8, 4) is 5.75 Å². The Balaban J connectivity index is 2.21. The number of allylic oxidation sites excluding steroid dienone is 2. The van der Waals surface area contributed by atoms with E-state index in [9.17, 15) is 23.1 Å². The molecule has 1 aliphatic rings. The first kappa shape index (κ1) is 18.8. The Morgan fingerprint density at radius 3 is 2.40 bits per heavy atom. The highest BCUT2D eigenvalue weighted by Crippen LogP contribution is 2.31. The molecule has 0 radical (unpaired) electrons. The van der Waals surface area contributed by atoms with Gasteiger partial charge in [-0.15, -0.1) is 0 Å². The summed E-state index contributed by atoms with van der Waals surface area (Å²) in [5, 5.41) is 11.9. The number of aliphatic carboxylic acids is 1. The number of amides is 1. The number of benzene rings is 1. The third-order valence-electron chi connectivity index (χ3n) is 3.85. The zero-order chi connectivity index (χ0) is 18.6. The number of methoxy groups -OCH3 is 1. The maximum atomic E-state index is 12.5. The molecular weight excluding hydrogens is 348 g/mol. The van der Waals surface area contributed by atoms with Gasteiger partial charge in [0.15, 0.2) is 0 Å². The van der Waals surface area contributed by atoms with Crippen molar-refractivity contribution in [3.05, 3.63) is 30.4 Å². The van der Waals surface area contributed by atoms with Crippen LogP contribution in [0.3, 0.4) is 0 Å². The molecule has 9 heteroatoms. The number of sulfonamides is 1. The number of anilines is 2. The van der Waals surface area contributed by atoms with Gasteiger partial charge in [0.1, 0.15) is 5.75 Å². The van der Waals surface area contributed by atoms with Crippen LogP contribution in [0.5, 0.6) is 5.75 Å². The van der Waals surface area contributed by atoms with Crippen LogP contribution in [0.15, 0.2) is 30.4 Å². The molecule has 0 unspecified atom stereocenters. The smallest absolute Gasteiger partial charge is 0.307 e. The average Bonchev–Trinajstić information content (AvgIpc) is 2.53. The number of carboxylic acid groups (broad SMARTS) is 1.